The van der Waals surface area contributed by atoms with Gasteiger partial charge >= 0.3 is 0 Å². The number of nitrogens with zero attached hydrogens (tertiary/aromatic N) is 2. The summed E-state index contributed by atoms with van der Waals surface area (Å²) < 4.78 is 5.31. The van der Waals surface area contributed by atoms with E-state index in [-0.39, 0.29) is 5.69 Å². The van der Waals surface area contributed by atoms with Crippen LogP contribution in [-0.2, 0) is 4.74 Å². The second kappa shape index (κ2) is 10.0. The van der Waals surface area contributed by atoms with Gasteiger partial charge in [-0.05, 0) is 24.4 Å². The van der Waals surface area contributed by atoms with E-state index in [1.807, 2.05) is 0 Å². The Morgan fingerprint density at radius 3 is 2.50 bits per heavy atom. The third-order valence-corrected chi connectivity index (χ3v) is 3.92. The van der Waals surface area contributed by atoms with Crippen molar-refractivity contribution in [2.24, 2.45) is 0 Å². The molecule has 3 N–H and O–H groups in total. The molecular formula is C15H23N5O3S. The molecule has 1 aromatic rings. The highest BCUT2D eigenvalue weighted by Gasteiger charge is 2.09. The van der Waals surface area contributed by atoms with Gasteiger partial charge in [-0.3, -0.25) is 15.0 Å². The lowest BCUT2D eigenvalue weighted by molar-refractivity contribution is -0.384. The molecule has 0 bridgehead atoms. The van der Waals surface area contributed by atoms with Crippen molar-refractivity contribution in [2.75, 3.05) is 57.8 Å². The van der Waals surface area contributed by atoms with Crippen molar-refractivity contribution < 1.29 is 9.66 Å². The fourth-order valence-electron chi connectivity index (χ4n) is 2.30. The molecule has 0 atom stereocenters. The number of hydrogen-bond donors (Lipinski definition) is 3. The van der Waals surface area contributed by atoms with Gasteiger partial charge in [-0.25, -0.2) is 0 Å². The van der Waals surface area contributed by atoms with Gasteiger partial charge in [0, 0.05) is 57.1 Å². The SMILES string of the molecule is O=[N+]([O-])c1ccc(NCCNC(=S)NCCN2CCOCC2)cc1. The van der Waals surface area contributed by atoms with Crippen molar-refractivity contribution >= 4 is 28.7 Å². The first kappa shape index (κ1) is 18.4. The number of nitro benzene ring substituents is 1. The normalized spacial score (nSPS) is 14.8. The summed E-state index contributed by atoms with van der Waals surface area (Å²) >= 11 is 5.23. The minimum Gasteiger partial charge on any atom is -0.383 e. The highest BCUT2D eigenvalue weighted by atomic mass is 32.1. The van der Waals surface area contributed by atoms with E-state index in [4.69, 9.17) is 17.0 Å². The second-order valence-electron chi connectivity index (χ2n) is 5.37. The number of morpholine rings is 1. The third-order valence-electron chi connectivity index (χ3n) is 3.64. The lowest BCUT2D eigenvalue weighted by Gasteiger charge is -2.26. The monoisotopic (exact) mass is 353 g/mol. The van der Waals surface area contributed by atoms with Gasteiger partial charge in [0.2, 0.25) is 0 Å². The highest BCUT2D eigenvalue weighted by Crippen LogP contribution is 2.14. The molecule has 8 nitrogen and oxygen atoms in total. The number of hydrogen-bond acceptors (Lipinski definition) is 6. The average Bonchev–Trinajstić information content (AvgIpc) is 2.60. The van der Waals surface area contributed by atoms with Crippen LogP contribution in [0.2, 0.25) is 0 Å². The largest absolute Gasteiger partial charge is 0.383 e. The quantitative estimate of drug-likeness (QED) is 0.274. The van der Waals surface area contributed by atoms with Crippen LogP contribution in [0.5, 0.6) is 0 Å². The molecule has 0 radical (unpaired) electrons. The number of nitro groups is 1. The maximum atomic E-state index is 10.6. The number of anilines is 1. The number of rotatable bonds is 8. The zero-order chi connectivity index (χ0) is 17.2. The predicted octanol–water partition coefficient (Wildman–Crippen LogP) is 0.803. The molecule has 0 amide bonds. The van der Waals surface area contributed by atoms with Crippen LogP contribution in [0.3, 0.4) is 0 Å². The molecule has 0 aromatic heterocycles. The van der Waals surface area contributed by atoms with Gasteiger partial charge in [-0.1, -0.05) is 0 Å². The zero-order valence-corrected chi connectivity index (χ0v) is 14.3. The molecule has 9 heteroatoms. The first-order valence-corrected chi connectivity index (χ1v) is 8.36. The maximum absolute atomic E-state index is 10.6. The van der Waals surface area contributed by atoms with Crippen molar-refractivity contribution in [1.29, 1.82) is 0 Å². The Morgan fingerprint density at radius 1 is 1.17 bits per heavy atom. The summed E-state index contributed by atoms with van der Waals surface area (Å²) in [6.07, 6.45) is 0. The lowest BCUT2D eigenvalue weighted by Crippen LogP contribution is -2.44. The summed E-state index contributed by atoms with van der Waals surface area (Å²) in [4.78, 5) is 12.5. The summed E-state index contributed by atoms with van der Waals surface area (Å²) in [6.45, 7) is 6.65. The molecule has 1 aliphatic heterocycles. The van der Waals surface area contributed by atoms with Gasteiger partial charge in [0.05, 0.1) is 18.1 Å². The smallest absolute Gasteiger partial charge is 0.269 e. The van der Waals surface area contributed by atoms with Crippen molar-refractivity contribution in [1.82, 2.24) is 15.5 Å². The van der Waals surface area contributed by atoms with Crippen LogP contribution >= 0.6 is 12.2 Å². The van der Waals surface area contributed by atoms with E-state index < -0.39 is 4.92 Å². The number of non-ortho nitro benzene ring substituents is 1. The van der Waals surface area contributed by atoms with Crippen LogP contribution in [-0.4, -0.2) is 67.4 Å². The van der Waals surface area contributed by atoms with E-state index >= 15 is 0 Å². The number of thiocarbonyl (C=S) groups is 1. The van der Waals surface area contributed by atoms with Crippen molar-refractivity contribution in [2.45, 2.75) is 0 Å². The molecule has 2 rings (SSSR count). The molecule has 1 fully saturated rings. The Balaban J connectivity index is 1.53. The first-order chi connectivity index (χ1) is 11.6. The molecule has 0 saturated carbocycles. The Labute approximate surface area is 146 Å². The highest BCUT2D eigenvalue weighted by molar-refractivity contribution is 7.80. The van der Waals surface area contributed by atoms with E-state index in [1.54, 1.807) is 12.1 Å². The average molecular weight is 353 g/mol. The summed E-state index contributed by atoms with van der Waals surface area (Å²) in [5.74, 6) is 0. The summed E-state index contributed by atoms with van der Waals surface area (Å²) in [7, 11) is 0. The Hall–Kier alpha value is -1.97. The van der Waals surface area contributed by atoms with Crippen LogP contribution in [0, 0.1) is 10.1 Å². The van der Waals surface area contributed by atoms with Gasteiger partial charge in [0.1, 0.15) is 0 Å². The van der Waals surface area contributed by atoms with Crippen molar-refractivity contribution in [3.8, 4) is 0 Å². The van der Waals surface area contributed by atoms with Crippen LogP contribution < -0.4 is 16.0 Å². The van der Waals surface area contributed by atoms with Crippen LogP contribution in [0.4, 0.5) is 11.4 Å². The Kier molecular flexibility index (Phi) is 7.66. The van der Waals surface area contributed by atoms with Gasteiger partial charge < -0.3 is 20.7 Å². The van der Waals surface area contributed by atoms with E-state index in [2.05, 4.69) is 20.9 Å². The molecule has 0 aliphatic carbocycles. The summed E-state index contributed by atoms with van der Waals surface area (Å²) in [5.41, 5.74) is 0.929. The van der Waals surface area contributed by atoms with E-state index in [9.17, 15) is 10.1 Å². The predicted molar refractivity (Wildman–Crippen MR) is 97.4 cm³/mol. The van der Waals surface area contributed by atoms with Crippen molar-refractivity contribution in [3.05, 3.63) is 34.4 Å². The lowest BCUT2D eigenvalue weighted by atomic mass is 10.3. The van der Waals surface area contributed by atoms with Crippen LogP contribution in [0.25, 0.3) is 0 Å². The van der Waals surface area contributed by atoms with Gasteiger partial charge in [0.25, 0.3) is 5.69 Å². The number of ether oxygens (including phenoxy) is 1. The minimum absolute atomic E-state index is 0.0873. The maximum Gasteiger partial charge on any atom is 0.269 e. The fourth-order valence-corrected chi connectivity index (χ4v) is 2.50. The van der Waals surface area contributed by atoms with E-state index in [0.29, 0.717) is 18.2 Å². The van der Waals surface area contributed by atoms with Crippen LogP contribution in [0.15, 0.2) is 24.3 Å². The Morgan fingerprint density at radius 2 is 1.83 bits per heavy atom. The summed E-state index contributed by atoms with van der Waals surface area (Å²) in [6, 6.07) is 6.34. The second-order valence-corrected chi connectivity index (χ2v) is 5.78. The minimum atomic E-state index is -0.410. The zero-order valence-electron chi connectivity index (χ0n) is 13.5. The van der Waals surface area contributed by atoms with Gasteiger partial charge in [-0.2, -0.15) is 0 Å². The fraction of sp³-hybridized carbons (Fsp3) is 0.533. The molecule has 1 aromatic carbocycles. The third kappa shape index (κ3) is 6.65. The topological polar surface area (TPSA) is 91.7 Å². The molecule has 1 heterocycles. The van der Waals surface area contributed by atoms with Crippen LogP contribution in [0.1, 0.15) is 0 Å². The summed E-state index contributed by atoms with van der Waals surface area (Å²) in [5, 5.41) is 20.7. The van der Waals surface area contributed by atoms with E-state index in [1.165, 1.54) is 12.1 Å². The molecule has 1 aliphatic rings. The van der Waals surface area contributed by atoms with Gasteiger partial charge in [0.15, 0.2) is 5.11 Å². The molecule has 0 unspecified atom stereocenters. The number of nitrogens with one attached hydrogen (secondary N) is 3. The van der Waals surface area contributed by atoms with Crippen molar-refractivity contribution in [3.63, 3.8) is 0 Å². The molecule has 0 spiro atoms. The molecule has 132 valence electrons. The van der Waals surface area contributed by atoms with Gasteiger partial charge in [-0.15, -0.1) is 0 Å². The van der Waals surface area contributed by atoms with E-state index in [0.717, 1.165) is 45.1 Å². The number of benzene rings is 1. The molecular weight excluding hydrogens is 330 g/mol. The molecule has 1 saturated heterocycles. The molecule has 24 heavy (non-hydrogen) atoms. The Bertz CT molecular complexity index is 534. The first-order valence-electron chi connectivity index (χ1n) is 7.95. The standard InChI is InChI=1S/C15H23N5O3S/c21-20(22)14-3-1-13(2-4-14)16-5-6-17-15(24)18-7-8-19-9-11-23-12-10-19/h1-4,16H,5-12H2,(H2,17,18,24).